The summed E-state index contributed by atoms with van der Waals surface area (Å²) in [6.45, 7) is 7.06. The second-order valence-corrected chi connectivity index (χ2v) is 4.90. The van der Waals surface area contributed by atoms with Crippen molar-refractivity contribution >= 4 is 6.47 Å². The first-order valence-electron chi connectivity index (χ1n) is 5.26. The minimum atomic E-state index is -0.0694. The van der Waals surface area contributed by atoms with Gasteiger partial charge in [0.05, 0.1) is 0 Å². The van der Waals surface area contributed by atoms with Crippen molar-refractivity contribution in [2.24, 2.45) is 11.3 Å². The lowest BCUT2D eigenvalue weighted by Crippen LogP contribution is -2.22. The Labute approximate surface area is 86.4 Å². The highest BCUT2D eigenvalue weighted by molar-refractivity contribution is 5.35. The topological polar surface area (TPSA) is 46.5 Å². The third-order valence-electron chi connectivity index (χ3n) is 2.87. The number of rotatable bonds is 1. The Kier molecular flexibility index (Phi) is 6.54. The quantitative estimate of drug-likeness (QED) is 0.403. The van der Waals surface area contributed by atoms with E-state index in [-0.39, 0.29) is 6.47 Å². The molecule has 0 amide bonds. The first-order valence-corrected chi connectivity index (χ1v) is 5.26. The maximum Gasteiger partial charge on any atom is 0.330 e. The van der Waals surface area contributed by atoms with Crippen molar-refractivity contribution in [1.82, 2.24) is 0 Å². The zero-order chi connectivity index (χ0) is 11.0. The van der Waals surface area contributed by atoms with Crippen LogP contribution in [0.3, 0.4) is 0 Å². The monoisotopic (exact) mass is 202 g/mol. The third-order valence-corrected chi connectivity index (χ3v) is 2.87. The molecule has 0 spiro atoms. The maximum atomic E-state index is 8.70. The molecule has 0 aromatic carbocycles. The van der Waals surface area contributed by atoms with Gasteiger partial charge in [0.15, 0.2) is 0 Å². The van der Waals surface area contributed by atoms with Crippen LogP contribution in [-0.4, -0.2) is 11.7 Å². The van der Waals surface area contributed by atoms with Crippen molar-refractivity contribution < 1.29 is 14.9 Å². The summed E-state index contributed by atoms with van der Waals surface area (Å²) in [6, 6.07) is 0. The van der Waals surface area contributed by atoms with Gasteiger partial charge in [-0.3, -0.25) is 4.79 Å². The Bertz CT molecular complexity index is 143. The molecule has 0 unspecified atom stereocenters. The molecule has 0 aromatic heterocycles. The van der Waals surface area contributed by atoms with Gasteiger partial charge in [0, 0.05) is 0 Å². The van der Waals surface area contributed by atoms with E-state index in [0.717, 1.165) is 5.92 Å². The second kappa shape index (κ2) is 6.82. The predicted octanol–water partition coefficient (Wildman–Crippen LogP) is 3.25. The predicted molar refractivity (Wildman–Crippen MR) is 55.8 cm³/mol. The van der Waals surface area contributed by atoms with Crippen LogP contribution < -0.4 is 0 Å². The van der Waals surface area contributed by atoms with E-state index >= 15 is 0 Å². The molecule has 1 aliphatic carbocycles. The van der Waals surface area contributed by atoms with Gasteiger partial charge in [-0.1, -0.05) is 40.0 Å². The van der Waals surface area contributed by atoms with Crippen molar-refractivity contribution in [2.45, 2.75) is 52.9 Å². The fourth-order valence-electron chi connectivity index (χ4n) is 1.97. The summed E-state index contributed by atoms with van der Waals surface area (Å²) in [4.78, 5) is 11.6. The van der Waals surface area contributed by atoms with Gasteiger partial charge in [-0.2, -0.15) is 0 Å². The highest BCUT2D eigenvalue weighted by atomic mass is 17.1. The van der Waals surface area contributed by atoms with Crippen molar-refractivity contribution in [2.75, 3.05) is 0 Å². The van der Waals surface area contributed by atoms with Crippen LogP contribution in [0.15, 0.2) is 0 Å². The average Bonchev–Trinajstić information content (AvgIpc) is 2.18. The molecular weight excluding hydrogens is 180 g/mol. The molecule has 1 N–H and O–H groups in total. The van der Waals surface area contributed by atoms with E-state index in [2.05, 4.69) is 25.7 Å². The molecule has 1 fully saturated rings. The molecule has 84 valence electrons. The largest absolute Gasteiger partial charge is 0.330 e. The number of hydrogen-bond donors (Lipinski definition) is 1. The van der Waals surface area contributed by atoms with Crippen LogP contribution in [0, 0.1) is 11.3 Å². The lowest BCUT2D eigenvalue weighted by molar-refractivity contribution is -0.217. The van der Waals surface area contributed by atoms with E-state index < -0.39 is 0 Å². The molecule has 0 radical (unpaired) electrons. The number of carbonyl (C=O) groups is 1. The summed E-state index contributed by atoms with van der Waals surface area (Å²) >= 11 is 0. The summed E-state index contributed by atoms with van der Waals surface area (Å²) in [5.74, 6) is 1.00. The number of carbonyl (C=O) groups excluding carboxylic acids is 1. The summed E-state index contributed by atoms with van der Waals surface area (Å²) in [5.41, 5.74) is 0.570. The second-order valence-electron chi connectivity index (χ2n) is 4.90. The SMILES string of the molecule is CC(C)(C)C1CCCCC1.O=COO. The maximum absolute atomic E-state index is 8.70. The normalized spacial score (nSPS) is 18.0. The Morgan fingerprint density at radius 1 is 1.21 bits per heavy atom. The van der Waals surface area contributed by atoms with Gasteiger partial charge in [-0.05, 0) is 24.2 Å². The van der Waals surface area contributed by atoms with Gasteiger partial charge in [0.25, 0.3) is 0 Å². The first-order chi connectivity index (χ1) is 6.52. The molecule has 1 aliphatic rings. The average molecular weight is 202 g/mol. The Hall–Kier alpha value is -0.570. The van der Waals surface area contributed by atoms with Gasteiger partial charge < -0.3 is 4.89 Å². The summed E-state index contributed by atoms with van der Waals surface area (Å²) in [6.07, 6.45) is 7.38. The van der Waals surface area contributed by atoms with Gasteiger partial charge in [-0.25, -0.2) is 5.26 Å². The van der Waals surface area contributed by atoms with Crippen LogP contribution in [0.1, 0.15) is 52.9 Å². The summed E-state index contributed by atoms with van der Waals surface area (Å²) < 4.78 is 0. The molecule has 3 heteroatoms. The van der Waals surface area contributed by atoms with E-state index in [1.165, 1.54) is 32.1 Å². The minimum Gasteiger partial charge on any atom is -0.304 e. The van der Waals surface area contributed by atoms with E-state index in [1.807, 2.05) is 0 Å². The summed E-state index contributed by atoms with van der Waals surface area (Å²) in [7, 11) is 0. The van der Waals surface area contributed by atoms with E-state index in [9.17, 15) is 0 Å². The molecule has 0 saturated heterocycles. The zero-order valence-electron chi connectivity index (χ0n) is 9.45. The molecular formula is C11H22O3. The smallest absolute Gasteiger partial charge is 0.304 e. The molecule has 3 nitrogen and oxygen atoms in total. The highest BCUT2D eigenvalue weighted by Gasteiger charge is 2.25. The molecule has 14 heavy (non-hydrogen) atoms. The fraction of sp³-hybridized carbons (Fsp3) is 0.909. The molecule has 0 aliphatic heterocycles. The standard InChI is InChI=1S/C10H20.CH2O3/c1-10(2,3)9-7-5-4-6-8-9;2-1-4-3/h9H,4-8H2,1-3H3;1,3H. The van der Waals surface area contributed by atoms with Gasteiger partial charge >= 0.3 is 6.47 Å². The highest BCUT2D eigenvalue weighted by Crippen LogP contribution is 2.37. The summed E-state index contributed by atoms with van der Waals surface area (Å²) in [5, 5.41) is 7.01. The van der Waals surface area contributed by atoms with Crippen molar-refractivity contribution in [3.05, 3.63) is 0 Å². The van der Waals surface area contributed by atoms with Crippen molar-refractivity contribution in [1.29, 1.82) is 0 Å². The van der Waals surface area contributed by atoms with Crippen molar-refractivity contribution in [3.63, 3.8) is 0 Å². The Balaban J connectivity index is 0.000000364. The van der Waals surface area contributed by atoms with Crippen LogP contribution in [0.4, 0.5) is 0 Å². The fourth-order valence-corrected chi connectivity index (χ4v) is 1.97. The first kappa shape index (κ1) is 13.4. The Morgan fingerprint density at radius 3 is 1.86 bits per heavy atom. The Morgan fingerprint density at radius 2 is 1.64 bits per heavy atom. The van der Waals surface area contributed by atoms with E-state index in [4.69, 9.17) is 10.1 Å². The lowest BCUT2D eigenvalue weighted by atomic mass is 9.72. The van der Waals surface area contributed by atoms with Crippen LogP contribution in [0.25, 0.3) is 0 Å². The van der Waals surface area contributed by atoms with Crippen LogP contribution in [-0.2, 0) is 9.68 Å². The van der Waals surface area contributed by atoms with Crippen LogP contribution >= 0.6 is 0 Å². The zero-order valence-corrected chi connectivity index (χ0v) is 9.45. The molecule has 0 aromatic rings. The lowest BCUT2D eigenvalue weighted by Gasteiger charge is -2.33. The molecule has 1 rings (SSSR count). The van der Waals surface area contributed by atoms with Gasteiger partial charge in [0.1, 0.15) is 0 Å². The van der Waals surface area contributed by atoms with Crippen LogP contribution in [0.5, 0.6) is 0 Å². The molecule has 0 bridgehead atoms. The van der Waals surface area contributed by atoms with E-state index in [1.54, 1.807) is 0 Å². The van der Waals surface area contributed by atoms with Crippen molar-refractivity contribution in [3.8, 4) is 0 Å². The van der Waals surface area contributed by atoms with Gasteiger partial charge in [0.2, 0.25) is 0 Å². The van der Waals surface area contributed by atoms with E-state index in [0.29, 0.717) is 5.41 Å². The van der Waals surface area contributed by atoms with Crippen LogP contribution in [0.2, 0.25) is 0 Å². The molecule has 0 heterocycles. The molecule has 0 atom stereocenters. The van der Waals surface area contributed by atoms with Gasteiger partial charge in [-0.15, -0.1) is 0 Å². The number of hydrogen-bond acceptors (Lipinski definition) is 3. The third kappa shape index (κ3) is 5.97. The molecule has 1 saturated carbocycles. The minimum absolute atomic E-state index is 0.0694.